The van der Waals surface area contributed by atoms with Crippen LogP contribution in [0.25, 0.3) is 0 Å². The Bertz CT molecular complexity index is 508. The van der Waals surface area contributed by atoms with Gasteiger partial charge in [0.15, 0.2) is 0 Å². The van der Waals surface area contributed by atoms with Crippen LogP contribution in [0.3, 0.4) is 0 Å². The van der Waals surface area contributed by atoms with Crippen molar-refractivity contribution in [3.63, 3.8) is 0 Å². The number of nitrogens with one attached hydrogen (secondary N) is 1. The molecule has 0 saturated carbocycles. The summed E-state index contributed by atoms with van der Waals surface area (Å²) < 4.78 is 10.7. The van der Waals surface area contributed by atoms with Gasteiger partial charge in [-0.15, -0.1) is 0 Å². The lowest BCUT2D eigenvalue weighted by Crippen LogP contribution is -2.13. The van der Waals surface area contributed by atoms with Crippen LogP contribution < -0.4 is 10.1 Å². The number of rotatable bonds is 9. The predicted octanol–water partition coefficient (Wildman–Crippen LogP) is 2.69. The van der Waals surface area contributed by atoms with Crippen molar-refractivity contribution < 1.29 is 24.2 Å². The summed E-state index contributed by atoms with van der Waals surface area (Å²) in [5.41, 5.74) is 0.732. The number of carboxylic acid groups (broad SMARTS) is 1. The fraction of sp³-hybridized carbons (Fsp3) is 0.529. The zero-order valence-corrected chi connectivity index (χ0v) is 13.1. The predicted molar refractivity (Wildman–Crippen MR) is 85.6 cm³/mol. The minimum Gasteiger partial charge on any atom is -0.494 e. The van der Waals surface area contributed by atoms with E-state index in [1.165, 1.54) is 0 Å². The second-order valence-electron chi connectivity index (χ2n) is 5.69. The summed E-state index contributed by atoms with van der Waals surface area (Å²) in [6.07, 6.45) is 2.97. The first-order chi connectivity index (χ1) is 11.1. The molecule has 2 rings (SSSR count). The van der Waals surface area contributed by atoms with E-state index in [-0.39, 0.29) is 12.3 Å². The minimum atomic E-state index is -0.823. The molecule has 126 valence electrons. The number of benzene rings is 1. The second kappa shape index (κ2) is 9.15. The van der Waals surface area contributed by atoms with Gasteiger partial charge in [-0.25, -0.2) is 0 Å². The van der Waals surface area contributed by atoms with E-state index >= 15 is 0 Å². The zero-order chi connectivity index (χ0) is 16.5. The van der Waals surface area contributed by atoms with E-state index in [1.807, 2.05) is 0 Å². The van der Waals surface area contributed by atoms with E-state index in [9.17, 15) is 9.59 Å². The van der Waals surface area contributed by atoms with Gasteiger partial charge in [0, 0.05) is 31.7 Å². The molecule has 1 saturated heterocycles. The van der Waals surface area contributed by atoms with Crippen LogP contribution in [0.5, 0.6) is 5.75 Å². The Morgan fingerprint density at radius 2 is 2.04 bits per heavy atom. The van der Waals surface area contributed by atoms with Crippen LogP contribution in [0.2, 0.25) is 0 Å². The third-order valence-corrected chi connectivity index (χ3v) is 3.75. The fourth-order valence-corrected chi connectivity index (χ4v) is 2.42. The highest BCUT2D eigenvalue weighted by molar-refractivity contribution is 5.90. The topological polar surface area (TPSA) is 84.9 Å². The molecule has 0 aliphatic carbocycles. The molecule has 1 aliphatic rings. The van der Waals surface area contributed by atoms with E-state index in [1.54, 1.807) is 24.3 Å². The van der Waals surface area contributed by atoms with Crippen molar-refractivity contribution in [1.29, 1.82) is 0 Å². The number of aliphatic carboxylic acids is 1. The summed E-state index contributed by atoms with van der Waals surface area (Å²) in [7, 11) is 0. The van der Waals surface area contributed by atoms with Gasteiger partial charge in [0.1, 0.15) is 5.75 Å². The normalized spacial score (nSPS) is 17.0. The smallest absolute Gasteiger partial charge is 0.303 e. The number of hydrogen-bond donors (Lipinski definition) is 2. The van der Waals surface area contributed by atoms with Crippen molar-refractivity contribution >= 4 is 17.6 Å². The zero-order valence-electron chi connectivity index (χ0n) is 13.1. The van der Waals surface area contributed by atoms with Crippen LogP contribution in [-0.2, 0) is 14.3 Å². The van der Waals surface area contributed by atoms with Crippen molar-refractivity contribution in [2.75, 3.05) is 25.1 Å². The summed E-state index contributed by atoms with van der Waals surface area (Å²) in [6, 6.07) is 7.09. The Kier molecular flexibility index (Phi) is 6.87. The number of amides is 1. The number of carbonyl (C=O) groups is 2. The molecule has 6 heteroatoms. The highest BCUT2D eigenvalue weighted by Gasteiger charge is 2.16. The number of hydrogen-bond acceptors (Lipinski definition) is 4. The second-order valence-corrected chi connectivity index (χ2v) is 5.69. The Labute approximate surface area is 135 Å². The Morgan fingerprint density at radius 1 is 1.26 bits per heavy atom. The molecule has 0 aromatic heterocycles. The van der Waals surface area contributed by atoms with Crippen LogP contribution in [0, 0.1) is 5.92 Å². The lowest BCUT2D eigenvalue weighted by Gasteiger charge is -2.09. The Hall–Kier alpha value is -2.08. The average Bonchev–Trinajstić information content (AvgIpc) is 3.04. The first kappa shape index (κ1) is 17.3. The van der Waals surface area contributed by atoms with Crippen LogP contribution in [0.4, 0.5) is 5.69 Å². The third-order valence-electron chi connectivity index (χ3n) is 3.75. The van der Waals surface area contributed by atoms with Gasteiger partial charge in [0.2, 0.25) is 5.91 Å². The monoisotopic (exact) mass is 321 g/mol. The molecule has 1 amide bonds. The molecule has 1 heterocycles. The van der Waals surface area contributed by atoms with E-state index in [2.05, 4.69) is 5.32 Å². The molecule has 6 nitrogen and oxygen atoms in total. The van der Waals surface area contributed by atoms with Crippen molar-refractivity contribution in [3.05, 3.63) is 24.3 Å². The van der Waals surface area contributed by atoms with Crippen LogP contribution in [0.1, 0.15) is 32.1 Å². The first-order valence-electron chi connectivity index (χ1n) is 7.96. The van der Waals surface area contributed by atoms with E-state index in [0.29, 0.717) is 31.1 Å². The Morgan fingerprint density at radius 3 is 2.70 bits per heavy atom. The average molecular weight is 321 g/mol. The van der Waals surface area contributed by atoms with Crippen molar-refractivity contribution in [3.8, 4) is 5.75 Å². The molecule has 1 fully saturated rings. The molecule has 1 atom stereocenters. The third kappa shape index (κ3) is 6.69. The Balaban J connectivity index is 1.67. The van der Waals surface area contributed by atoms with E-state index in [4.69, 9.17) is 14.6 Å². The number of ether oxygens (including phenoxy) is 2. The van der Waals surface area contributed by atoms with Gasteiger partial charge in [-0.2, -0.15) is 0 Å². The van der Waals surface area contributed by atoms with Gasteiger partial charge in [0.25, 0.3) is 0 Å². The number of carbonyl (C=O) groups excluding carboxylic acids is 1. The maximum atomic E-state index is 11.9. The quantitative estimate of drug-likeness (QED) is 0.683. The molecule has 1 aliphatic heterocycles. The number of anilines is 1. The molecular weight excluding hydrogens is 298 g/mol. The van der Waals surface area contributed by atoms with Gasteiger partial charge < -0.3 is 19.9 Å². The van der Waals surface area contributed by atoms with E-state index < -0.39 is 5.97 Å². The fourth-order valence-electron chi connectivity index (χ4n) is 2.42. The highest BCUT2D eigenvalue weighted by atomic mass is 16.5. The van der Waals surface area contributed by atoms with Crippen LogP contribution in [-0.4, -0.2) is 36.8 Å². The standard InChI is InChI=1S/C17H23NO5/c19-16(8-3-13-9-11-22-12-13)18-14-4-6-15(7-5-14)23-10-1-2-17(20)21/h4-7,13H,1-3,8-12H2,(H,18,19)(H,20,21). The van der Waals surface area contributed by atoms with Gasteiger partial charge in [0.05, 0.1) is 6.61 Å². The maximum absolute atomic E-state index is 11.9. The summed E-state index contributed by atoms with van der Waals surface area (Å²) >= 11 is 0. The first-order valence-corrected chi connectivity index (χ1v) is 7.96. The van der Waals surface area contributed by atoms with Crippen molar-refractivity contribution in [2.24, 2.45) is 5.92 Å². The molecule has 23 heavy (non-hydrogen) atoms. The molecule has 1 aromatic carbocycles. The van der Waals surface area contributed by atoms with Gasteiger partial charge >= 0.3 is 5.97 Å². The largest absolute Gasteiger partial charge is 0.494 e. The number of carboxylic acids is 1. The molecule has 1 aromatic rings. The molecule has 2 N–H and O–H groups in total. The molecular formula is C17H23NO5. The molecule has 0 radical (unpaired) electrons. The SMILES string of the molecule is O=C(O)CCCOc1ccc(NC(=O)CCC2CCOC2)cc1. The van der Waals surface area contributed by atoms with Crippen LogP contribution >= 0.6 is 0 Å². The van der Waals surface area contributed by atoms with Crippen molar-refractivity contribution in [2.45, 2.75) is 32.1 Å². The lowest BCUT2D eigenvalue weighted by atomic mass is 10.0. The summed E-state index contributed by atoms with van der Waals surface area (Å²) in [5.74, 6) is 0.349. The maximum Gasteiger partial charge on any atom is 0.303 e. The van der Waals surface area contributed by atoms with Gasteiger partial charge in [-0.3, -0.25) is 9.59 Å². The van der Waals surface area contributed by atoms with Crippen molar-refractivity contribution in [1.82, 2.24) is 0 Å². The summed E-state index contributed by atoms with van der Waals surface area (Å²) in [6.45, 7) is 1.93. The molecule has 0 spiro atoms. The lowest BCUT2D eigenvalue weighted by molar-refractivity contribution is -0.137. The highest BCUT2D eigenvalue weighted by Crippen LogP contribution is 2.19. The summed E-state index contributed by atoms with van der Waals surface area (Å²) in [5, 5.41) is 11.4. The minimum absolute atomic E-state index is 0.00651. The summed E-state index contributed by atoms with van der Waals surface area (Å²) in [4.78, 5) is 22.3. The van der Waals surface area contributed by atoms with Gasteiger partial charge in [-0.05, 0) is 49.4 Å². The van der Waals surface area contributed by atoms with Crippen LogP contribution in [0.15, 0.2) is 24.3 Å². The molecule has 1 unspecified atom stereocenters. The molecule has 0 bridgehead atoms. The van der Waals surface area contributed by atoms with E-state index in [0.717, 1.165) is 31.7 Å². The van der Waals surface area contributed by atoms with Gasteiger partial charge in [-0.1, -0.05) is 0 Å².